The fourth-order valence-electron chi connectivity index (χ4n) is 2.17. The predicted molar refractivity (Wildman–Crippen MR) is 101 cm³/mol. The van der Waals surface area contributed by atoms with E-state index in [-0.39, 0.29) is 29.4 Å². The molecular formula is C15H23BrIN3O. The highest BCUT2D eigenvalue weighted by molar-refractivity contribution is 14.0. The van der Waals surface area contributed by atoms with E-state index in [2.05, 4.69) is 69.4 Å². The van der Waals surface area contributed by atoms with Crippen molar-refractivity contribution in [3.05, 3.63) is 34.3 Å². The first-order chi connectivity index (χ1) is 9.52. The summed E-state index contributed by atoms with van der Waals surface area (Å²) in [5.74, 6) is 0.918. The van der Waals surface area contributed by atoms with E-state index in [1.807, 2.05) is 7.05 Å². The molecule has 1 aliphatic heterocycles. The van der Waals surface area contributed by atoms with Crippen LogP contribution in [-0.4, -0.2) is 44.7 Å². The summed E-state index contributed by atoms with van der Waals surface area (Å²) >= 11 is 3.45. The molecule has 1 fully saturated rings. The van der Waals surface area contributed by atoms with Crippen LogP contribution in [0, 0.1) is 5.41 Å². The van der Waals surface area contributed by atoms with Gasteiger partial charge in [-0.3, -0.25) is 4.99 Å². The van der Waals surface area contributed by atoms with Crippen LogP contribution in [0.25, 0.3) is 0 Å². The van der Waals surface area contributed by atoms with Crippen LogP contribution >= 0.6 is 39.9 Å². The van der Waals surface area contributed by atoms with Crippen LogP contribution in [0.1, 0.15) is 12.5 Å². The van der Waals surface area contributed by atoms with E-state index in [1.54, 1.807) is 0 Å². The summed E-state index contributed by atoms with van der Waals surface area (Å²) in [7, 11) is 3.87. The number of hydrogen-bond donors (Lipinski definition) is 1. The van der Waals surface area contributed by atoms with E-state index in [0.717, 1.165) is 36.7 Å². The van der Waals surface area contributed by atoms with Gasteiger partial charge in [0.2, 0.25) is 0 Å². The Balaban J connectivity index is 0.00000220. The minimum absolute atomic E-state index is 0. The van der Waals surface area contributed by atoms with Gasteiger partial charge in [-0.15, -0.1) is 24.0 Å². The van der Waals surface area contributed by atoms with Crippen LogP contribution in [0.2, 0.25) is 0 Å². The molecule has 0 saturated carbocycles. The third-order valence-electron chi connectivity index (χ3n) is 3.48. The van der Waals surface area contributed by atoms with Crippen molar-refractivity contribution in [1.29, 1.82) is 0 Å². The number of guanidine groups is 1. The molecule has 2 rings (SSSR count). The van der Waals surface area contributed by atoms with Gasteiger partial charge in [0.1, 0.15) is 0 Å². The third kappa shape index (κ3) is 5.41. The minimum atomic E-state index is 0. The lowest BCUT2D eigenvalue weighted by molar-refractivity contribution is -0.0972. The molecule has 0 aliphatic carbocycles. The quantitative estimate of drug-likeness (QED) is 0.420. The molecule has 1 N–H and O–H groups in total. The van der Waals surface area contributed by atoms with E-state index in [1.165, 1.54) is 5.56 Å². The molecule has 0 spiro atoms. The van der Waals surface area contributed by atoms with Gasteiger partial charge in [-0.05, 0) is 17.7 Å². The molecule has 4 nitrogen and oxygen atoms in total. The molecule has 0 aromatic heterocycles. The van der Waals surface area contributed by atoms with Crippen LogP contribution in [-0.2, 0) is 11.3 Å². The molecule has 1 saturated heterocycles. The topological polar surface area (TPSA) is 36.9 Å². The van der Waals surface area contributed by atoms with Gasteiger partial charge < -0.3 is 15.0 Å². The molecule has 0 bridgehead atoms. The normalized spacial score (nSPS) is 16.7. The molecule has 0 atom stereocenters. The average molecular weight is 468 g/mol. The zero-order valence-electron chi connectivity index (χ0n) is 12.7. The number of benzene rings is 1. The predicted octanol–water partition coefficient (Wildman–Crippen LogP) is 3.11. The molecule has 1 aromatic carbocycles. The van der Waals surface area contributed by atoms with Crippen molar-refractivity contribution in [1.82, 2.24) is 10.2 Å². The van der Waals surface area contributed by atoms with Crippen molar-refractivity contribution < 1.29 is 4.74 Å². The Morgan fingerprint density at radius 3 is 2.48 bits per heavy atom. The molecule has 0 amide bonds. The van der Waals surface area contributed by atoms with Gasteiger partial charge in [0.05, 0.1) is 13.2 Å². The summed E-state index contributed by atoms with van der Waals surface area (Å²) in [6.45, 7) is 5.61. The third-order valence-corrected chi connectivity index (χ3v) is 4.01. The molecule has 1 aromatic rings. The van der Waals surface area contributed by atoms with Crippen molar-refractivity contribution >= 4 is 45.9 Å². The van der Waals surface area contributed by atoms with Gasteiger partial charge >= 0.3 is 0 Å². The lowest BCUT2D eigenvalue weighted by Gasteiger charge is -2.39. The van der Waals surface area contributed by atoms with Crippen molar-refractivity contribution in [3.63, 3.8) is 0 Å². The first-order valence-electron chi connectivity index (χ1n) is 6.76. The van der Waals surface area contributed by atoms with E-state index >= 15 is 0 Å². The van der Waals surface area contributed by atoms with Crippen molar-refractivity contribution in [2.75, 3.05) is 33.9 Å². The number of hydrogen-bond acceptors (Lipinski definition) is 2. The van der Waals surface area contributed by atoms with Crippen LogP contribution < -0.4 is 5.32 Å². The number of nitrogens with one attached hydrogen (secondary N) is 1. The Kier molecular flexibility index (Phi) is 7.42. The minimum Gasteiger partial charge on any atom is -0.380 e. The summed E-state index contributed by atoms with van der Waals surface area (Å²) in [5, 5.41) is 3.43. The maximum Gasteiger partial charge on any atom is 0.193 e. The van der Waals surface area contributed by atoms with Crippen molar-refractivity contribution in [3.8, 4) is 0 Å². The van der Waals surface area contributed by atoms with E-state index in [9.17, 15) is 0 Å². The maximum atomic E-state index is 5.27. The molecule has 0 unspecified atom stereocenters. The lowest BCUT2D eigenvalue weighted by Crippen LogP contribution is -2.51. The Labute approximate surface area is 152 Å². The highest BCUT2D eigenvalue weighted by Crippen LogP contribution is 2.25. The fourth-order valence-corrected chi connectivity index (χ4v) is 2.43. The maximum absolute atomic E-state index is 5.27. The van der Waals surface area contributed by atoms with Crippen LogP contribution in [0.3, 0.4) is 0 Å². The highest BCUT2D eigenvalue weighted by Gasteiger charge is 2.33. The second-order valence-corrected chi connectivity index (χ2v) is 6.60. The molecule has 6 heteroatoms. The molecule has 0 radical (unpaired) electrons. The standard InChI is InChI=1S/C15H22BrN3O.HI/c1-15(10-20-11-15)9-18-14(17-2)19(3)8-12-4-6-13(16)7-5-12;/h4-7H,8-11H2,1-3H3,(H,17,18);1H. The zero-order valence-corrected chi connectivity index (χ0v) is 16.6. The van der Waals surface area contributed by atoms with Gasteiger partial charge in [0.15, 0.2) is 5.96 Å². The highest BCUT2D eigenvalue weighted by atomic mass is 127. The van der Waals surface area contributed by atoms with Crippen LogP contribution in [0.5, 0.6) is 0 Å². The fraction of sp³-hybridized carbons (Fsp3) is 0.533. The van der Waals surface area contributed by atoms with E-state index in [0.29, 0.717) is 0 Å². The number of ether oxygens (including phenoxy) is 1. The smallest absolute Gasteiger partial charge is 0.193 e. The Hall–Kier alpha value is -0.340. The van der Waals surface area contributed by atoms with Crippen LogP contribution in [0.4, 0.5) is 0 Å². The Morgan fingerprint density at radius 1 is 1.38 bits per heavy atom. The Morgan fingerprint density at radius 2 is 2.00 bits per heavy atom. The average Bonchev–Trinajstić information content (AvgIpc) is 2.40. The number of rotatable bonds is 4. The second kappa shape index (κ2) is 8.33. The van der Waals surface area contributed by atoms with Crippen molar-refractivity contribution in [2.45, 2.75) is 13.5 Å². The van der Waals surface area contributed by atoms with E-state index in [4.69, 9.17) is 4.74 Å². The van der Waals surface area contributed by atoms with Crippen LogP contribution in [0.15, 0.2) is 33.7 Å². The summed E-state index contributed by atoms with van der Waals surface area (Å²) in [5.41, 5.74) is 1.51. The van der Waals surface area contributed by atoms with Crippen molar-refractivity contribution in [2.24, 2.45) is 10.4 Å². The monoisotopic (exact) mass is 467 g/mol. The molecular weight excluding hydrogens is 445 g/mol. The first-order valence-corrected chi connectivity index (χ1v) is 7.56. The summed E-state index contributed by atoms with van der Waals surface area (Å²) < 4.78 is 6.37. The van der Waals surface area contributed by atoms with Gasteiger partial charge in [0, 0.05) is 37.1 Å². The zero-order chi connectivity index (χ0) is 14.6. The van der Waals surface area contributed by atoms with Gasteiger partial charge in [-0.2, -0.15) is 0 Å². The summed E-state index contributed by atoms with van der Waals surface area (Å²) in [6, 6.07) is 8.36. The van der Waals surface area contributed by atoms with Gasteiger partial charge in [-0.1, -0.05) is 35.0 Å². The van der Waals surface area contributed by atoms with E-state index < -0.39 is 0 Å². The molecule has 118 valence electrons. The van der Waals surface area contributed by atoms with Gasteiger partial charge in [0.25, 0.3) is 0 Å². The summed E-state index contributed by atoms with van der Waals surface area (Å²) in [4.78, 5) is 6.48. The number of nitrogens with zero attached hydrogens (tertiary/aromatic N) is 2. The number of halogens is 2. The largest absolute Gasteiger partial charge is 0.380 e. The second-order valence-electron chi connectivity index (χ2n) is 5.69. The Bertz CT molecular complexity index is 474. The first kappa shape index (κ1) is 18.7. The molecule has 1 heterocycles. The SMILES string of the molecule is CN=C(NCC1(C)COC1)N(C)Cc1ccc(Br)cc1.I. The molecule has 21 heavy (non-hydrogen) atoms. The lowest BCUT2D eigenvalue weighted by atomic mass is 9.89. The van der Waals surface area contributed by atoms with Gasteiger partial charge in [-0.25, -0.2) is 0 Å². The summed E-state index contributed by atoms with van der Waals surface area (Å²) in [6.07, 6.45) is 0. The molecule has 1 aliphatic rings. The number of aliphatic imine (C=N–C) groups is 1.